The number of benzene rings is 3. The molecule has 0 fully saturated rings. The fourth-order valence-corrected chi connectivity index (χ4v) is 5.34. The van der Waals surface area contributed by atoms with Crippen molar-refractivity contribution in [1.82, 2.24) is 0 Å². The van der Waals surface area contributed by atoms with Gasteiger partial charge < -0.3 is 14.2 Å². The average Bonchev–Trinajstić information content (AvgIpc) is 2.88. The second-order valence-corrected chi connectivity index (χ2v) is 11.4. The average molecular weight is 567 g/mol. The maximum Gasteiger partial charge on any atom is 0.345 e. The molecule has 0 bridgehead atoms. The summed E-state index contributed by atoms with van der Waals surface area (Å²) in [6, 6.07) is 15.9. The Bertz CT molecular complexity index is 1700. The minimum atomic E-state index is -4.13. The number of rotatable bonds is 9. The molecule has 0 aliphatic heterocycles. The molecule has 0 saturated carbocycles. The van der Waals surface area contributed by atoms with E-state index in [1.54, 1.807) is 44.2 Å². The van der Waals surface area contributed by atoms with E-state index >= 15 is 0 Å². The number of methoxy groups -OCH3 is 1. The fourth-order valence-electron chi connectivity index (χ4n) is 4.85. The van der Waals surface area contributed by atoms with E-state index in [1.165, 1.54) is 7.11 Å². The van der Waals surface area contributed by atoms with Crippen molar-refractivity contribution >= 4 is 43.9 Å². The lowest BCUT2D eigenvalue weighted by atomic mass is 10.0. The Kier molecular flexibility index (Phi) is 8.41. The summed E-state index contributed by atoms with van der Waals surface area (Å²) in [5, 5.41) is 1.17. The molecule has 1 heterocycles. The maximum absolute atomic E-state index is 13.9. The lowest BCUT2D eigenvalue weighted by Crippen LogP contribution is -2.37. The second kappa shape index (κ2) is 11.6. The number of esters is 2. The SMILES string of the molecule is COC(=O)c1cc(C)c(OC(=O)c2c3ccccc3[n+](CCCS(=O)(=O)O)c3ccc(OC(C)C)cc23)c(C)c1. The molecule has 40 heavy (non-hydrogen) atoms. The van der Waals surface area contributed by atoms with Gasteiger partial charge in [-0.3, -0.25) is 4.55 Å². The highest BCUT2D eigenvalue weighted by Gasteiger charge is 2.27. The van der Waals surface area contributed by atoms with Gasteiger partial charge in [-0.05, 0) is 69.2 Å². The normalized spacial score (nSPS) is 11.7. The number of aromatic nitrogens is 1. The molecule has 4 rings (SSSR count). The van der Waals surface area contributed by atoms with Crippen LogP contribution in [0.3, 0.4) is 0 Å². The van der Waals surface area contributed by atoms with E-state index < -0.39 is 27.8 Å². The van der Waals surface area contributed by atoms with E-state index in [1.807, 2.05) is 42.7 Å². The van der Waals surface area contributed by atoms with Crippen LogP contribution in [0.4, 0.5) is 0 Å². The number of nitrogens with zero attached hydrogens (tertiary/aromatic N) is 1. The number of fused-ring (bicyclic) bond motifs is 2. The molecule has 0 aliphatic rings. The van der Waals surface area contributed by atoms with E-state index in [-0.39, 0.29) is 19.1 Å². The predicted octanol–water partition coefficient (Wildman–Crippen LogP) is 4.97. The van der Waals surface area contributed by atoms with Gasteiger partial charge in [0.05, 0.1) is 40.9 Å². The zero-order chi connectivity index (χ0) is 29.2. The lowest BCUT2D eigenvalue weighted by Gasteiger charge is -2.16. The van der Waals surface area contributed by atoms with Crippen LogP contribution in [0.15, 0.2) is 54.6 Å². The summed E-state index contributed by atoms with van der Waals surface area (Å²) in [5.74, 6) is -0.570. The summed E-state index contributed by atoms with van der Waals surface area (Å²) < 4.78 is 50.7. The van der Waals surface area contributed by atoms with Gasteiger partial charge in [-0.2, -0.15) is 13.0 Å². The van der Waals surface area contributed by atoms with Gasteiger partial charge in [0.2, 0.25) is 11.0 Å². The van der Waals surface area contributed by atoms with Gasteiger partial charge in [-0.25, -0.2) is 9.59 Å². The Morgan fingerprint density at radius 2 is 1.57 bits per heavy atom. The summed E-state index contributed by atoms with van der Waals surface area (Å²) in [6.45, 7) is 7.59. The largest absolute Gasteiger partial charge is 0.491 e. The number of hydrogen-bond donors (Lipinski definition) is 1. The third kappa shape index (κ3) is 6.24. The number of carbonyl (C=O) groups is 2. The predicted molar refractivity (Wildman–Crippen MR) is 151 cm³/mol. The van der Waals surface area contributed by atoms with E-state index in [9.17, 15) is 22.6 Å². The molecule has 210 valence electrons. The highest BCUT2D eigenvalue weighted by Crippen LogP contribution is 2.32. The fraction of sp³-hybridized carbons (Fsp3) is 0.300. The van der Waals surface area contributed by atoms with Crippen molar-refractivity contribution < 1.29 is 41.3 Å². The van der Waals surface area contributed by atoms with Crippen LogP contribution in [0.5, 0.6) is 11.5 Å². The summed E-state index contributed by atoms with van der Waals surface area (Å²) in [7, 11) is -2.83. The maximum atomic E-state index is 13.9. The van der Waals surface area contributed by atoms with Crippen LogP contribution in [0, 0.1) is 13.8 Å². The minimum absolute atomic E-state index is 0.103. The van der Waals surface area contributed by atoms with Crippen LogP contribution in [-0.2, 0) is 21.4 Å². The molecule has 10 heteroatoms. The molecule has 4 aromatic rings. The first-order chi connectivity index (χ1) is 18.9. The van der Waals surface area contributed by atoms with Gasteiger partial charge >= 0.3 is 11.9 Å². The van der Waals surface area contributed by atoms with E-state index in [0.29, 0.717) is 55.6 Å². The quantitative estimate of drug-likeness (QED) is 0.0992. The molecular formula is C30H32NO8S+. The molecule has 0 amide bonds. The van der Waals surface area contributed by atoms with Crippen LogP contribution < -0.4 is 14.0 Å². The van der Waals surface area contributed by atoms with Gasteiger partial charge in [0.25, 0.3) is 10.1 Å². The molecule has 0 aliphatic carbocycles. The Balaban J connectivity index is 1.90. The molecule has 9 nitrogen and oxygen atoms in total. The van der Waals surface area contributed by atoms with Crippen LogP contribution in [0.25, 0.3) is 21.8 Å². The molecule has 0 unspecified atom stereocenters. The number of para-hydroxylation sites is 1. The molecule has 0 spiro atoms. The number of pyridine rings is 1. The van der Waals surface area contributed by atoms with Gasteiger partial charge in [-0.1, -0.05) is 12.1 Å². The van der Waals surface area contributed by atoms with Crippen molar-refractivity contribution in [3.05, 3.63) is 76.9 Å². The highest BCUT2D eigenvalue weighted by molar-refractivity contribution is 7.85. The van der Waals surface area contributed by atoms with Crippen LogP contribution in [0.2, 0.25) is 0 Å². The Morgan fingerprint density at radius 3 is 2.20 bits per heavy atom. The first-order valence-electron chi connectivity index (χ1n) is 12.8. The zero-order valence-corrected chi connectivity index (χ0v) is 23.9. The highest BCUT2D eigenvalue weighted by atomic mass is 32.2. The minimum Gasteiger partial charge on any atom is -0.491 e. The van der Waals surface area contributed by atoms with Gasteiger partial charge in [0.15, 0.2) is 6.54 Å². The monoisotopic (exact) mass is 566 g/mol. The standard InChI is InChI=1S/C30H31NO8S/c1-18(2)38-22-11-12-26-24(17-22)27(23-9-6-7-10-25(23)31(26)13-8-14-40(34,35)36)30(33)39-28-19(3)15-21(16-20(28)4)29(32)37-5/h6-7,9-12,15-18H,8,13-14H2,1-5H3/p+1. The van der Waals surface area contributed by atoms with Crippen molar-refractivity contribution in [3.8, 4) is 11.5 Å². The first-order valence-corrected chi connectivity index (χ1v) is 14.4. The molecule has 1 N–H and O–H groups in total. The lowest BCUT2D eigenvalue weighted by molar-refractivity contribution is -0.645. The van der Waals surface area contributed by atoms with Gasteiger partial charge in [-0.15, -0.1) is 0 Å². The van der Waals surface area contributed by atoms with Crippen molar-refractivity contribution in [2.24, 2.45) is 0 Å². The number of ether oxygens (including phenoxy) is 3. The van der Waals surface area contributed by atoms with Crippen LogP contribution in [-0.4, -0.2) is 43.9 Å². The smallest absolute Gasteiger partial charge is 0.345 e. The number of aryl methyl sites for hydroxylation is 3. The van der Waals surface area contributed by atoms with Crippen molar-refractivity contribution in [2.75, 3.05) is 12.9 Å². The van der Waals surface area contributed by atoms with Crippen molar-refractivity contribution in [1.29, 1.82) is 0 Å². The topological polar surface area (TPSA) is 120 Å². The summed E-state index contributed by atoms with van der Waals surface area (Å²) in [6.07, 6.45) is 0.0653. The van der Waals surface area contributed by atoms with Gasteiger partial charge in [0.1, 0.15) is 11.5 Å². The molecular weight excluding hydrogens is 534 g/mol. The molecule has 0 radical (unpaired) electrons. The molecule has 0 atom stereocenters. The number of hydrogen-bond acceptors (Lipinski definition) is 7. The Labute approximate surface area is 233 Å². The Morgan fingerprint density at radius 1 is 0.925 bits per heavy atom. The van der Waals surface area contributed by atoms with E-state index in [0.717, 1.165) is 0 Å². The third-order valence-corrected chi connectivity index (χ3v) is 7.23. The second-order valence-electron chi connectivity index (χ2n) is 9.85. The molecule has 1 aromatic heterocycles. The molecule has 0 saturated heterocycles. The van der Waals surface area contributed by atoms with Crippen molar-refractivity contribution in [2.45, 2.75) is 46.8 Å². The van der Waals surface area contributed by atoms with Gasteiger partial charge in [0, 0.05) is 18.6 Å². The summed E-state index contributed by atoms with van der Waals surface area (Å²) in [5.41, 5.74) is 3.25. The Hall–Kier alpha value is -4.02. The van der Waals surface area contributed by atoms with E-state index in [4.69, 9.17) is 14.2 Å². The number of carbonyl (C=O) groups excluding carboxylic acids is 2. The van der Waals surface area contributed by atoms with Crippen LogP contribution in [0.1, 0.15) is 52.1 Å². The summed E-state index contributed by atoms with van der Waals surface area (Å²) in [4.78, 5) is 26.0. The van der Waals surface area contributed by atoms with Crippen LogP contribution >= 0.6 is 0 Å². The third-order valence-electron chi connectivity index (χ3n) is 6.43. The summed E-state index contributed by atoms with van der Waals surface area (Å²) >= 11 is 0. The zero-order valence-electron chi connectivity index (χ0n) is 23.1. The van der Waals surface area contributed by atoms with Crippen molar-refractivity contribution in [3.63, 3.8) is 0 Å². The first kappa shape index (κ1) is 29.0. The molecule has 3 aromatic carbocycles. The van der Waals surface area contributed by atoms with E-state index in [2.05, 4.69) is 0 Å².